The molecule has 0 bridgehead atoms. The number of carbonyl (C=O) groups is 1. The number of nitrogens with zero attached hydrogens (tertiary/aromatic N) is 1. The summed E-state index contributed by atoms with van der Waals surface area (Å²) in [6.07, 6.45) is 2.52. The molecule has 0 saturated carbocycles. The molecule has 0 fully saturated rings. The fraction of sp³-hybridized carbons (Fsp3) is 0.423. The lowest BCUT2D eigenvalue weighted by atomic mass is 10.0. The summed E-state index contributed by atoms with van der Waals surface area (Å²) in [5.74, 6) is 0.233. The van der Waals surface area contributed by atoms with Crippen LogP contribution in [0.2, 0.25) is 0 Å². The highest BCUT2D eigenvalue weighted by molar-refractivity contribution is 7.28. The summed E-state index contributed by atoms with van der Waals surface area (Å²) < 4.78 is 2.39. The Morgan fingerprint density at radius 1 is 0.933 bits per heavy atom. The van der Waals surface area contributed by atoms with E-state index >= 15 is 0 Å². The molecule has 166 valence electrons. The topological polar surface area (TPSA) is 48.0 Å². The van der Waals surface area contributed by atoms with Gasteiger partial charge in [-0.2, -0.15) is 0 Å². The number of ketones is 1. The molecule has 0 amide bonds. The molecule has 1 atom stereocenters. The van der Waals surface area contributed by atoms with Crippen molar-refractivity contribution in [1.82, 2.24) is 4.57 Å². The van der Waals surface area contributed by atoms with Crippen molar-refractivity contribution in [1.29, 1.82) is 0 Å². The third-order valence-corrected chi connectivity index (χ3v) is 5.19. The molecular weight excluding hydrogens is 387 g/mol. The molecule has 2 aromatic carbocycles. The van der Waals surface area contributed by atoms with Gasteiger partial charge in [0.1, 0.15) is 0 Å². The van der Waals surface area contributed by atoms with Gasteiger partial charge < -0.3 is 10.3 Å². The van der Waals surface area contributed by atoms with Gasteiger partial charge in [-0.1, -0.05) is 84.0 Å². The Morgan fingerprint density at radius 2 is 1.50 bits per heavy atom. The van der Waals surface area contributed by atoms with Crippen molar-refractivity contribution in [3.05, 3.63) is 65.4 Å². The Kier molecular flexibility index (Phi) is 14.8. The van der Waals surface area contributed by atoms with Gasteiger partial charge in [-0.3, -0.25) is 4.79 Å². The van der Waals surface area contributed by atoms with Crippen molar-refractivity contribution in [3.8, 4) is 0 Å². The quantitative estimate of drug-likeness (QED) is 0.367. The van der Waals surface area contributed by atoms with Gasteiger partial charge in [0, 0.05) is 35.1 Å². The molecule has 0 spiro atoms. The van der Waals surface area contributed by atoms with Crippen molar-refractivity contribution in [3.63, 3.8) is 0 Å². The molecule has 0 aliphatic rings. The summed E-state index contributed by atoms with van der Waals surface area (Å²) in [6, 6.07) is 16.6. The van der Waals surface area contributed by atoms with Crippen LogP contribution in [0.25, 0.3) is 10.9 Å². The van der Waals surface area contributed by atoms with Crippen LogP contribution < -0.4 is 11.0 Å². The molecule has 0 aliphatic heterocycles. The van der Waals surface area contributed by atoms with Gasteiger partial charge in [0.2, 0.25) is 0 Å². The zero-order valence-corrected chi connectivity index (χ0v) is 21.1. The number of carbonyl (C=O) groups excluding carboxylic acids is 1. The standard InChI is InChI=1S/C21H24NOP.2C2H6.CH5N/c1-3-7-20(23)16-12-10-15(11-13-16)14-22-18(4-2)21(24)17-8-5-6-9-19(17)22;3*1-2/h5-6,8-13H,3-4,7,14,24H2,1-2H3;2*1-2H3;2H2,1H3. The Balaban J connectivity index is 0.00000129. The largest absolute Gasteiger partial charge is 0.340 e. The molecular formula is C26H41N2OP. The first-order valence-corrected chi connectivity index (χ1v) is 11.8. The number of Topliss-reactive ketones (excluding diaryl/α,β-unsaturated/α-hetero) is 1. The van der Waals surface area contributed by atoms with E-state index in [1.165, 1.54) is 34.5 Å². The number of hydrogen-bond acceptors (Lipinski definition) is 2. The first kappa shape index (κ1) is 28.0. The van der Waals surface area contributed by atoms with Crippen molar-refractivity contribution in [2.45, 2.75) is 67.3 Å². The van der Waals surface area contributed by atoms with E-state index in [-0.39, 0.29) is 5.78 Å². The van der Waals surface area contributed by atoms with Crippen LogP contribution >= 0.6 is 9.24 Å². The third-order valence-electron chi connectivity index (χ3n) is 4.55. The average Bonchev–Trinajstić information content (AvgIpc) is 3.09. The number of para-hydroxylation sites is 1. The summed E-state index contributed by atoms with van der Waals surface area (Å²) in [5, 5.41) is 2.59. The maximum atomic E-state index is 12.0. The SMILES string of the molecule is CC.CC.CCCC(=O)c1ccc(Cn2c(CC)c(P)c3ccccc32)cc1.CN. The molecule has 3 rings (SSSR count). The zero-order valence-electron chi connectivity index (χ0n) is 20.0. The molecule has 0 radical (unpaired) electrons. The highest BCUT2D eigenvalue weighted by Crippen LogP contribution is 2.22. The Bertz CT molecular complexity index is 867. The summed E-state index contributed by atoms with van der Waals surface area (Å²) in [5.41, 5.74) is 9.17. The maximum Gasteiger partial charge on any atom is 0.162 e. The van der Waals surface area contributed by atoms with Crippen molar-refractivity contribution in [2.75, 3.05) is 7.05 Å². The number of fused-ring (bicyclic) bond motifs is 1. The van der Waals surface area contributed by atoms with Crippen LogP contribution in [-0.2, 0) is 13.0 Å². The zero-order chi connectivity index (χ0) is 23.1. The normalized spacial score (nSPS) is 9.50. The van der Waals surface area contributed by atoms with Gasteiger partial charge in [0.05, 0.1) is 0 Å². The molecule has 30 heavy (non-hydrogen) atoms. The fourth-order valence-corrected chi connectivity index (χ4v) is 3.90. The minimum absolute atomic E-state index is 0.233. The molecule has 0 aliphatic carbocycles. The smallest absolute Gasteiger partial charge is 0.162 e. The minimum atomic E-state index is 0.233. The van der Waals surface area contributed by atoms with E-state index < -0.39 is 0 Å². The van der Waals surface area contributed by atoms with Crippen LogP contribution in [0.3, 0.4) is 0 Å². The van der Waals surface area contributed by atoms with Crippen LogP contribution in [-0.4, -0.2) is 17.4 Å². The first-order chi connectivity index (χ1) is 14.7. The summed E-state index contributed by atoms with van der Waals surface area (Å²) in [7, 11) is 4.40. The Labute approximate surface area is 186 Å². The molecule has 3 aromatic rings. The first-order valence-electron chi connectivity index (χ1n) is 11.2. The number of benzene rings is 2. The van der Waals surface area contributed by atoms with Gasteiger partial charge in [0.25, 0.3) is 0 Å². The lowest BCUT2D eigenvalue weighted by Crippen LogP contribution is -2.08. The minimum Gasteiger partial charge on any atom is -0.340 e. The predicted octanol–water partition coefficient (Wildman–Crippen LogP) is 6.36. The second kappa shape index (κ2) is 15.8. The van der Waals surface area contributed by atoms with Crippen LogP contribution in [0.1, 0.15) is 76.0 Å². The molecule has 1 unspecified atom stereocenters. The van der Waals surface area contributed by atoms with Gasteiger partial charge in [-0.15, -0.1) is 9.24 Å². The second-order valence-corrected chi connectivity index (χ2v) is 6.76. The van der Waals surface area contributed by atoms with Crippen LogP contribution in [0, 0.1) is 0 Å². The number of hydrogen-bond donors (Lipinski definition) is 1. The summed E-state index contributed by atoms with van der Waals surface area (Å²) in [6.45, 7) is 13.1. The molecule has 1 heterocycles. The molecule has 4 heteroatoms. The second-order valence-electron chi connectivity index (χ2n) is 6.19. The monoisotopic (exact) mass is 428 g/mol. The van der Waals surface area contributed by atoms with Crippen molar-refractivity contribution < 1.29 is 4.79 Å². The third kappa shape index (κ3) is 7.07. The number of aromatic nitrogens is 1. The van der Waals surface area contributed by atoms with E-state index in [1.807, 2.05) is 46.8 Å². The van der Waals surface area contributed by atoms with E-state index in [4.69, 9.17) is 0 Å². The van der Waals surface area contributed by atoms with Crippen LogP contribution in [0.15, 0.2) is 48.5 Å². The molecule has 1 aromatic heterocycles. The lowest BCUT2D eigenvalue weighted by molar-refractivity contribution is 0.0981. The van der Waals surface area contributed by atoms with Gasteiger partial charge >= 0.3 is 0 Å². The van der Waals surface area contributed by atoms with E-state index in [9.17, 15) is 4.79 Å². The Hall–Kier alpha value is -1.96. The summed E-state index contributed by atoms with van der Waals surface area (Å²) in [4.78, 5) is 12.0. The van der Waals surface area contributed by atoms with Gasteiger partial charge in [0.15, 0.2) is 5.78 Å². The van der Waals surface area contributed by atoms with Gasteiger partial charge in [-0.25, -0.2) is 0 Å². The van der Waals surface area contributed by atoms with Crippen LogP contribution in [0.4, 0.5) is 0 Å². The van der Waals surface area contributed by atoms with E-state index in [2.05, 4.69) is 62.9 Å². The summed E-state index contributed by atoms with van der Waals surface area (Å²) >= 11 is 0. The molecule has 0 saturated heterocycles. The Morgan fingerprint density at radius 3 is 2.03 bits per heavy atom. The van der Waals surface area contributed by atoms with Gasteiger partial charge in [-0.05, 0) is 36.8 Å². The number of nitrogens with two attached hydrogens (primary N) is 1. The average molecular weight is 429 g/mol. The molecule has 3 nitrogen and oxygen atoms in total. The van der Waals surface area contributed by atoms with Crippen molar-refractivity contribution in [2.24, 2.45) is 5.73 Å². The maximum absolute atomic E-state index is 12.0. The lowest BCUT2D eigenvalue weighted by Gasteiger charge is -2.11. The van der Waals surface area contributed by atoms with E-state index in [0.29, 0.717) is 6.42 Å². The van der Waals surface area contributed by atoms with E-state index in [0.717, 1.165) is 24.9 Å². The highest BCUT2D eigenvalue weighted by atomic mass is 31.0. The van der Waals surface area contributed by atoms with Crippen molar-refractivity contribution >= 4 is 31.2 Å². The van der Waals surface area contributed by atoms with Crippen LogP contribution in [0.5, 0.6) is 0 Å². The molecule has 2 N–H and O–H groups in total. The fourth-order valence-electron chi connectivity index (χ4n) is 3.29. The highest BCUT2D eigenvalue weighted by Gasteiger charge is 2.13. The number of rotatable bonds is 6. The predicted molar refractivity (Wildman–Crippen MR) is 138 cm³/mol. The van der Waals surface area contributed by atoms with E-state index in [1.54, 1.807) is 0 Å².